The number of halogens is 4. The Balaban J connectivity index is 0.00000243. The van der Waals surface area contributed by atoms with Gasteiger partial charge in [-0.1, -0.05) is 0 Å². The number of carbonyl (C=O) groups excluding carboxylic acids is 1. The van der Waals surface area contributed by atoms with Gasteiger partial charge in [0, 0.05) is 24.0 Å². The first kappa shape index (κ1) is 20.5. The summed E-state index contributed by atoms with van der Waals surface area (Å²) in [4.78, 5) is 15.7. The van der Waals surface area contributed by atoms with Crippen LogP contribution < -0.4 is 10.5 Å². The molecule has 3 rings (SSSR count). The fraction of sp³-hybridized carbons (Fsp3) is 0.353. The van der Waals surface area contributed by atoms with Gasteiger partial charge in [0.2, 0.25) is 0 Å². The summed E-state index contributed by atoms with van der Waals surface area (Å²) in [5.41, 5.74) is 6.59. The van der Waals surface area contributed by atoms with Crippen LogP contribution in [-0.4, -0.2) is 36.3 Å². The van der Waals surface area contributed by atoms with E-state index in [1.807, 2.05) is 0 Å². The highest BCUT2D eigenvalue weighted by Crippen LogP contribution is 2.31. The zero-order valence-electron chi connectivity index (χ0n) is 13.7. The number of nitrogens with zero attached hydrogens (tertiary/aromatic N) is 1. The van der Waals surface area contributed by atoms with Crippen molar-refractivity contribution in [3.05, 3.63) is 41.3 Å². The molecule has 0 saturated carbocycles. The molecule has 2 heterocycles. The molecule has 9 heteroatoms. The number of ether oxygens (including phenoxy) is 1. The number of benzene rings is 1. The molecule has 1 aromatic carbocycles. The quantitative estimate of drug-likeness (QED) is 0.826. The number of rotatable bonds is 3. The Morgan fingerprint density at radius 1 is 1.12 bits per heavy atom. The van der Waals surface area contributed by atoms with E-state index in [-0.39, 0.29) is 30.1 Å². The maximum absolute atomic E-state index is 12.5. The maximum Gasteiger partial charge on any atom is 0.573 e. The van der Waals surface area contributed by atoms with Gasteiger partial charge in [-0.15, -0.1) is 36.9 Å². The highest BCUT2D eigenvalue weighted by atomic mass is 35.5. The third kappa shape index (κ3) is 5.12. The van der Waals surface area contributed by atoms with Crippen molar-refractivity contribution in [1.82, 2.24) is 4.90 Å². The van der Waals surface area contributed by atoms with Gasteiger partial charge in [0.1, 0.15) is 5.75 Å². The number of amides is 1. The number of hydrogen-bond acceptors (Lipinski definition) is 4. The van der Waals surface area contributed by atoms with Crippen LogP contribution >= 0.6 is 23.7 Å². The summed E-state index contributed by atoms with van der Waals surface area (Å²) in [7, 11) is 0. The number of hydrogen-bond donors (Lipinski definition) is 1. The Morgan fingerprint density at radius 3 is 2.31 bits per heavy atom. The minimum atomic E-state index is -4.71. The molecule has 26 heavy (non-hydrogen) atoms. The Kier molecular flexibility index (Phi) is 6.54. The highest BCUT2D eigenvalue weighted by Gasteiger charge is 2.31. The molecule has 0 radical (unpaired) electrons. The fourth-order valence-corrected chi connectivity index (χ4v) is 3.67. The molecule has 2 N–H and O–H groups in total. The van der Waals surface area contributed by atoms with E-state index in [2.05, 4.69) is 4.74 Å². The highest BCUT2D eigenvalue weighted by molar-refractivity contribution is 7.17. The lowest BCUT2D eigenvalue weighted by Crippen LogP contribution is -2.42. The van der Waals surface area contributed by atoms with Crippen molar-refractivity contribution in [2.24, 2.45) is 5.73 Å². The number of likely N-dealkylation sites (tertiary alicyclic amines) is 1. The summed E-state index contributed by atoms with van der Waals surface area (Å²) < 4.78 is 40.4. The van der Waals surface area contributed by atoms with Gasteiger partial charge in [-0.05, 0) is 54.8 Å². The monoisotopic (exact) mass is 406 g/mol. The van der Waals surface area contributed by atoms with Gasteiger partial charge in [-0.3, -0.25) is 4.79 Å². The molecule has 0 spiro atoms. The average Bonchev–Trinajstić information content (AvgIpc) is 3.04. The van der Waals surface area contributed by atoms with Crippen molar-refractivity contribution in [2.45, 2.75) is 25.2 Å². The second-order valence-corrected chi connectivity index (χ2v) is 6.95. The van der Waals surface area contributed by atoms with Gasteiger partial charge in [-0.2, -0.15) is 0 Å². The lowest BCUT2D eigenvalue weighted by molar-refractivity contribution is -0.274. The minimum absolute atomic E-state index is 0. The van der Waals surface area contributed by atoms with Crippen LogP contribution in [0.1, 0.15) is 22.5 Å². The van der Waals surface area contributed by atoms with E-state index < -0.39 is 6.36 Å². The first-order chi connectivity index (χ1) is 11.8. The zero-order chi connectivity index (χ0) is 18.0. The molecule has 1 aliphatic rings. The van der Waals surface area contributed by atoms with Gasteiger partial charge < -0.3 is 15.4 Å². The third-order valence-electron chi connectivity index (χ3n) is 4.02. The molecule has 0 aliphatic carbocycles. The van der Waals surface area contributed by atoms with Crippen LogP contribution in [0.25, 0.3) is 10.4 Å². The van der Waals surface area contributed by atoms with Crippen LogP contribution in [0.15, 0.2) is 36.4 Å². The summed E-state index contributed by atoms with van der Waals surface area (Å²) in [5.74, 6) is -0.297. The van der Waals surface area contributed by atoms with Crippen molar-refractivity contribution in [3.63, 3.8) is 0 Å². The predicted molar refractivity (Wildman–Crippen MR) is 96.8 cm³/mol. The van der Waals surface area contributed by atoms with E-state index in [1.165, 1.54) is 23.5 Å². The summed E-state index contributed by atoms with van der Waals surface area (Å²) in [6, 6.07) is 9.30. The SMILES string of the molecule is Cl.NC1CCN(C(=O)c2ccc(-c3ccc(OC(F)(F)F)cc3)s2)CC1. The molecular formula is C17H18ClF3N2O2S. The molecular weight excluding hydrogens is 389 g/mol. The maximum atomic E-state index is 12.5. The van der Waals surface area contributed by atoms with E-state index in [1.54, 1.807) is 29.2 Å². The van der Waals surface area contributed by atoms with Crippen molar-refractivity contribution in [3.8, 4) is 16.2 Å². The van der Waals surface area contributed by atoms with Crippen LogP contribution in [-0.2, 0) is 0 Å². The predicted octanol–water partition coefficient (Wildman–Crippen LogP) is 4.30. The molecule has 0 unspecified atom stereocenters. The second kappa shape index (κ2) is 8.28. The second-order valence-electron chi connectivity index (χ2n) is 5.87. The van der Waals surface area contributed by atoms with E-state index in [9.17, 15) is 18.0 Å². The summed E-state index contributed by atoms with van der Waals surface area (Å²) in [5, 5.41) is 0. The molecule has 1 amide bonds. The number of carbonyl (C=O) groups is 1. The largest absolute Gasteiger partial charge is 0.573 e. The average molecular weight is 407 g/mol. The molecule has 2 aromatic rings. The van der Waals surface area contributed by atoms with Gasteiger partial charge in [0.15, 0.2) is 0 Å². The van der Waals surface area contributed by atoms with Crippen molar-refractivity contribution in [2.75, 3.05) is 13.1 Å². The van der Waals surface area contributed by atoms with Gasteiger partial charge in [0.05, 0.1) is 4.88 Å². The summed E-state index contributed by atoms with van der Waals surface area (Å²) in [6.45, 7) is 1.30. The standard InChI is InChI=1S/C17H17F3N2O2S.ClH/c18-17(19,20)24-13-3-1-11(2-4-13)14-5-6-15(25-14)16(23)22-9-7-12(21)8-10-22;/h1-6,12H,7-10,21H2;1H. The van der Waals surface area contributed by atoms with Gasteiger partial charge >= 0.3 is 6.36 Å². The normalized spacial score (nSPS) is 15.5. The van der Waals surface area contributed by atoms with Crippen LogP contribution in [0.5, 0.6) is 5.75 Å². The molecule has 142 valence electrons. The Labute approximate surface area is 159 Å². The van der Waals surface area contributed by atoms with E-state index in [0.717, 1.165) is 23.3 Å². The van der Waals surface area contributed by atoms with Crippen LogP contribution in [0, 0.1) is 0 Å². The van der Waals surface area contributed by atoms with Gasteiger partial charge in [0.25, 0.3) is 5.91 Å². The lowest BCUT2D eigenvalue weighted by Gasteiger charge is -2.29. The molecule has 4 nitrogen and oxygen atoms in total. The Bertz CT molecular complexity index is 741. The first-order valence-electron chi connectivity index (χ1n) is 7.83. The van der Waals surface area contributed by atoms with Crippen molar-refractivity contribution < 1.29 is 22.7 Å². The van der Waals surface area contributed by atoms with Crippen molar-refractivity contribution in [1.29, 1.82) is 0 Å². The van der Waals surface area contributed by atoms with Crippen molar-refractivity contribution >= 4 is 29.7 Å². The molecule has 0 atom stereocenters. The smallest absolute Gasteiger partial charge is 0.406 e. The number of thiophene rings is 1. The molecule has 1 fully saturated rings. The fourth-order valence-electron chi connectivity index (χ4n) is 2.69. The summed E-state index contributed by atoms with van der Waals surface area (Å²) in [6.07, 6.45) is -3.11. The Hall–Kier alpha value is -1.77. The van der Waals surface area contributed by atoms with Gasteiger partial charge in [-0.25, -0.2) is 0 Å². The number of alkyl halides is 3. The van der Waals surface area contributed by atoms with E-state index in [4.69, 9.17) is 5.73 Å². The molecule has 1 saturated heterocycles. The topological polar surface area (TPSA) is 55.6 Å². The molecule has 0 bridgehead atoms. The minimum Gasteiger partial charge on any atom is -0.406 e. The first-order valence-corrected chi connectivity index (χ1v) is 8.64. The number of piperidine rings is 1. The molecule has 1 aliphatic heterocycles. The van der Waals surface area contributed by atoms with E-state index in [0.29, 0.717) is 18.0 Å². The zero-order valence-corrected chi connectivity index (χ0v) is 15.3. The van der Waals surface area contributed by atoms with Crippen LogP contribution in [0.3, 0.4) is 0 Å². The lowest BCUT2D eigenvalue weighted by atomic mass is 10.1. The number of nitrogens with two attached hydrogens (primary N) is 1. The third-order valence-corrected chi connectivity index (χ3v) is 5.14. The molecule has 1 aromatic heterocycles. The summed E-state index contributed by atoms with van der Waals surface area (Å²) >= 11 is 1.32. The Morgan fingerprint density at radius 2 is 1.73 bits per heavy atom. The van der Waals surface area contributed by atoms with E-state index >= 15 is 0 Å². The van der Waals surface area contributed by atoms with Crippen LogP contribution in [0.4, 0.5) is 13.2 Å². The van der Waals surface area contributed by atoms with Crippen LogP contribution in [0.2, 0.25) is 0 Å².